The van der Waals surface area contributed by atoms with Crippen molar-refractivity contribution in [3.63, 3.8) is 0 Å². The lowest BCUT2D eigenvalue weighted by Crippen LogP contribution is -2.11. The van der Waals surface area contributed by atoms with Crippen molar-refractivity contribution in [2.75, 3.05) is 18.5 Å². The molecule has 4 aromatic rings. The number of fused-ring (bicyclic) bond motifs is 1. The third-order valence-electron chi connectivity index (χ3n) is 5.59. The van der Waals surface area contributed by atoms with E-state index >= 15 is 0 Å². The lowest BCUT2D eigenvalue weighted by Gasteiger charge is -2.11. The number of nitrogens with zero attached hydrogens (tertiary/aromatic N) is 4. The first-order valence-corrected chi connectivity index (χ1v) is 13.5. The molecule has 8 heteroatoms. The summed E-state index contributed by atoms with van der Waals surface area (Å²) in [6.45, 7) is 10.0. The van der Waals surface area contributed by atoms with E-state index in [0.29, 0.717) is 22.7 Å². The van der Waals surface area contributed by atoms with E-state index in [4.69, 9.17) is 15.5 Å². The number of benzene rings is 2. The van der Waals surface area contributed by atoms with Crippen LogP contribution in [0.15, 0.2) is 96.4 Å². The molecule has 0 fully saturated rings. The standard InChI is InChI=1S/C26H24N6O.C6H14O/c1-3-4-5-9-23(27)31-26(33)20-8-6-7-19(16-20)22-17-32-15-14-28-25(32)24(30-22)29-21-12-10-18(2)11-13-21;1-3-5-7-6-4-2/h3-17H,1-2H3,(H,29,30)(H2,27,31,33);3-6H2,1-2H3/b4-3-,9-5-;. The highest BCUT2D eigenvalue weighted by Crippen LogP contribution is 2.25. The van der Waals surface area contributed by atoms with E-state index < -0.39 is 5.91 Å². The van der Waals surface area contributed by atoms with Crippen molar-refractivity contribution < 1.29 is 9.53 Å². The molecule has 0 saturated carbocycles. The monoisotopic (exact) mass is 538 g/mol. The van der Waals surface area contributed by atoms with Gasteiger partial charge in [-0.05, 0) is 57.0 Å². The highest BCUT2D eigenvalue weighted by molar-refractivity contribution is 6.06. The lowest BCUT2D eigenvalue weighted by atomic mass is 10.1. The molecule has 0 aliphatic heterocycles. The van der Waals surface area contributed by atoms with E-state index in [1.54, 1.807) is 36.5 Å². The van der Waals surface area contributed by atoms with E-state index in [1.807, 2.05) is 73.1 Å². The Morgan fingerprint density at radius 1 is 1.10 bits per heavy atom. The van der Waals surface area contributed by atoms with Gasteiger partial charge in [-0.1, -0.05) is 61.9 Å². The smallest absolute Gasteiger partial charge is 0.278 e. The molecule has 8 nitrogen and oxygen atoms in total. The Kier molecular flexibility index (Phi) is 11.8. The Bertz CT molecular complexity index is 1460. The summed E-state index contributed by atoms with van der Waals surface area (Å²) in [4.78, 5) is 25.8. The fourth-order valence-corrected chi connectivity index (χ4v) is 3.61. The second-order valence-corrected chi connectivity index (χ2v) is 9.04. The van der Waals surface area contributed by atoms with Gasteiger partial charge in [-0.25, -0.2) is 9.97 Å². The van der Waals surface area contributed by atoms with Crippen LogP contribution in [0.3, 0.4) is 0 Å². The summed E-state index contributed by atoms with van der Waals surface area (Å²) in [5.74, 6) is 0.349. The zero-order valence-corrected chi connectivity index (χ0v) is 23.7. The number of carbonyl (C=O) groups is 1. The SMILES string of the molecule is C/C=C\C=C/C(N)=NC(=O)c1cccc(-c2cn3ccnc3c(Nc3ccc(C)cc3)n2)c1.CCCOCCC. The van der Waals surface area contributed by atoms with Crippen LogP contribution in [0.2, 0.25) is 0 Å². The highest BCUT2D eigenvalue weighted by Gasteiger charge is 2.12. The van der Waals surface area contributed by atoms with E-state index in [9.17, 15) is 4.79 Å². The Morgan fingerprint density at radius 3 is 2.55 bits per heavy atom. The number of imidazole rings is 1. The number of aromatic nitrogens is 3. The van der Waals surface area contributed by atoms with Gasteiger partial charge in [0.1, 0.15) is 5.84 Å². The highest BCUT2D eigenvalue weighted by atomic mass is 16.5. The zero-order valence-electron chi connectivity index (χ0n) is 23.7. The molecule has 0 saturated heterocycles. The molecule has 2 heterocycles. The van der Waals surface area contributed by atoms with Gasteiger partial charge in [0.25, 0.3) is 5.91 Å². The second kappa shape index (κ2) is 15.8. The molecule has 1 amide bonds. The number of rotatable bonds is 10. The van der Waals surface area contributed by atoms with Gasteiger partial charge in [0.2, 0.25) is 0 Å². The molecule has 0 spiro atoms. The average molecular weight is 539 g/mol. The maximum atomic E-state index is 12.6. The summed E-state index contributed by atoms with van der Waals surface area (Å²) < 4.78 is 7.03. The topological polar surface area (TPSA) is 107 Å². The first-order chi connectivity index (χ1) is 19.4. The number of aliphatic imine (C=N–C) groups is 1. The van der Waals surface area contributed by atoms with Crippen LogP contribution in [0, 0.1) is 6.92 Å². The number of aryl methyl sites for hydroxylation is 1. The summed E-state index contributed by atoms with van der Waals surface area (Å²) in [7, 11) is 0. The Morgan fingerprint density at radius 2 is 1.85 bits per heavy atom. The molecule has 3 N–H and O–H groups in total. The van der Waals surface area contributed by atoms with E-state index in [2.05, 4.69) is 29.1 Å². The zero-order chi connectivity index (χ0) is 28.7. The molecule has 0 atom stereocenters. The van der Waals surface area contributed by atoms with Crippen LogP contribution in [0.25, 0.3) is 16.9 Å². The minimum Gasteiger partial charge on any atom is -0.384 e. The first-order valence-electron chi connectivity index (χ1n) is 13.5. The van der Waals surface area contributed by atoms with Crippen LogP contribution >= 0.6 is 0 Å². The largest absolute Gasteiger partial charge is 0.384 e. The van der Waals surface area contributed by atoms with Crippen molar-refractivity contribution in [2.45, 2.75) is 40.5 Å². The molecule has 0 aliphatic rings. The number of anilines is 2. The maximum Gasteiger partial charge on any atom is 0.278 e. The van der Waals surface area contributed by atoms with Crippen molar-refractivity contribution in [3.8, 4) is 11.3 Å². The van der Waals surface area contributed by atoms with E-state index in [-0.39, 0.29) is 5.84 Å². The molecule has 0 bridgehead atoms. The molecule has 0 aliphatic carbocycles. The van der Waals surface area contributed by atoms with Gasteiger partial charge in [0.15, 0.2) is 11.5 Å². The molecular formula is C32H38N6O2. The van der Waals surface area contributed by atoms with Crippen molar-refractivity contribution in [1.82, 2.24) is 14.4 Å². The van der Waals surface area contributed by atoms with Crippen molar-refractivity contribution >= 4 is 28.9 Å². The third-order valence-corrected chi connectivity index (χ3v) is 5.59. The number of amides is 1. The predicted molar refractivity (Wildman–Crippen MR) is 164 cm³/mol. The van der Waals surface area contributed by atoms with Crippen molar-refractivity contribution in [2.24, 2.45) is 10.7 Å². The summed E-state index contributed by atoms with van der Waals surface area (Å²) in [6, 6.07) is 15.2. The Balaban J connectivity index is 0.000000559. The predicted octanol–water partition coefficient (Wildman–Crippen LogP) is 6.90. The number of nitrogens with two attached hydrogens (primary N) is 1. The summed E-state index contributed by atoms with van der Waals surface area (Å²) in [5, 5.41) is 3.35. The summed E-state index contributed by atoms with van der Waals surface area (Å²) in [6.07, 6.45) is 14.7. The van der Waals surface area contributed by atoms with Crippen LogP contribution < -0.4 is 11.1 Å². The van der Waals surface area contributed by atoms with Gasteiger partial charge in [-0.3, -0.25) is 4.79 Å². The molecular weight excluding hydrogens is 500 g/mol. The van der Waals surface area contributed by atoms with Crippen LogP contribution in [0.4, 0.5) is 11.5 Å². The number of amidine groups is 1. The van der Waals surface area contributed by atoms with Gasteiger partial charge in [-0.15, -0.1) is 0 Å². The molecule has 2 aromatic heterocycles. The quantitative estimate of drug-likeness (QED) is 0.0984. The Hall–Kier alpha value is -4.56. The van der Waals surface area contributed by atoms with Crippen LogP contribution in [0.1, 0.15) is 49.5 Å². The van der Waals surface area contributed by atoms with Gasteiger partial charge in [-0.2, -0.15) is 4.99 Å². The maximum absolute atomic E-state index is 12.6. The van der Waals surface area contributed by atoms with Crippen LogP contribution in [0.5, 0.6) is 0 Å². The molecule has 0 radical (unpaired) electrons. The molecule has 2 aromatic carbocycles. The van der Waals surface area contributed by atoms with E-state index in [0.717, 1.165) is 37.3 Å². The Labute approximate surface area is 236 Å². The van der Waals surface area contributed by atoms with Crippen molar-refractivity contribution in [3.05, 3.63) is 103 Å². The van der Waals surface area contributed by atoms with Gasteiger partial charge in [0.05, 0.1) is 5.69 Å². The lowest BCUT2D eigenvalue weighted by molar-refractivity contribution is 0.100. The van der Waals surface area contributed by atoms with Gasteiger partial charge in [0, 0.05) is 48.6 Å². The van der Waals surface area contributed by atoms with Crippen LogP contribution in [-0.2, 0) is 4.74 Å². The molecule has 0 unspecified atom stereocenters. The van der Waals surface area contributed by atoms with Gasteiger partial charge < -0.3 is 20.2 Å². The number of carbonyl (C=O) groups excluding carboxylic acids is 1. The van der Waals surface area contributed by atoms with Crippen LogP contribution in [-0.4, -0.2) is 39.3 Å². The van der Waals surface area contributed by atoms with Gasteiger partial charge >= 0.3 is 0 Å². The number of hydrogen-bond acceptors (Lipinski definition) is 5. The number of ether oxygens (including phenoxy) is 1. The molecule has 4 rings (SSSR count). The average Bonchev–Trinajstić information content (AvgIpc) is 3.44. The second-order valence-electron chi connectivity index (χ2n) is 9.04. The van der Waals surface area contributed by atoms with E-state index in [1.165, 1.54) is 5.56 Å². The van der Waals surface area contributed by atoms with Crippen molar-refractivity contribution in [1.29, 1.82) is 0 Å². The fourth-order valence-electron chi connectivity index (χ4n) is 3.61. The number of hydrogen-bond donors (Lipinski definition) is 2. The normalized spacial score (nSPS) is 11.7. The minimum atomic E-state index is -0.416. The summed E-state index contributed by atoms with van der Waals surface area (Å²) in [5.41, 5.74) is 10.5. The number of nitrogens with one attached hydrogen (secondary N) is 1. The third kappa shape index (κ3) is 9.03. The molecule has 208 valence electrons. The summed E-state index contributed by atoms with van der Waals surface area (Å²) >= 11 is 0. The minimum absolute atomic E-state index is 0.144. The molecule has 40 heavy (non-hydrogen) atoms. The first kappa shape index (κ1) is 30.0. The fraction of sp³-hybridized carbons (Fsp3) is 0.250. The number of allylic oxidation sites excluding steroid dienone is 3.